The molecule has 0 aliphatic carbocycles. The maximum Gasteiger partial charge on any atom is 0.227 e. The molecule has 0 bridgehead atoms. The zero-order valence-electron chi connectivity index (χ0n) is 15.5. The fraction of sp³-hybridized carbons (Fsp3) is 0.500. The van der Waals surface area contributed by atoms with Gasteiger partial charge in [0.05, 0.1) is 12.7 Å². The van der Waals surface area contributed by atoms with Gasteiger partial charge in [0.25, 0.3) is 0 Å². The molecule has 1 aromatic heterocycles. The van der Waals surface area contributed by atoms with Crippen molar-refractivity contribution in [3.63, 3.8) is 0 Å². The number of hydrogen-bond donors (Lipinski definition) is 0. The number of furan rings is 1. The molecular weight excluding hydrogens is 316 g/mol. The number of hydrogen-bond acceptors (Lipinski definition) is 3. The standard InChI is InChI=1S/C20H26N2O3/c1-13-9-17-16(12-25-18(17)10-14(13)2)11-19(23)22-7-5-15(6-8-22)20(24)21(3)4/h9-10,12,15H,5-8,11H2,1-4H3. The quantitative estimate of drug-likeness (QED) is 0.862. The number of likely N-dealkylation sites (tertiary alicyclic amines) is 1. The highest BCUT2D eigenvalue weighted by atomic mass is 16.3. The SMILES string of the molecule is Cc1cc2occ(CC(=O)N3CCC(C(=O)N(C)C)CC3)c2cc1C. The van der Waals surface area contributed by atoms with Gasteiger partial charge in [0.1, 0.15) is 5.58 Å². The summed E-state index contributed by atoms with van der Waals surface area (Å²) in [6, 6.07) is 4.12. The van der Waals surface area contributed by atoms with Gasteiger partial charge in [-0.1, -0.05) is 0 Å². The molecule has 2 aromatic rings. The minimum Gasteiger partial charge on any atom is -0.464 e. The fourth-order valence-electron chi connectivity index (χ4n) is 3.49. The van der Waals surface area contributed by atoms with E-state index in [2.05, 4.69) is 19.9 Å². The molecule has 0 spiro atoms. The average molecular weight is 342 g/mol. The van der Waals surface area contributed by atoms with Crippen molar-refractivity contribution in [3.8, 4) is 0 Å². The van der Waals surface area contributed by atoms with E-state index in [-0.39, 0.29) is 17.7 Å². The molecule has 1 aliphatic heterocycles. The Morgan fingerprint density at radius 3 is 2.44 bits per heavy atom. The summed E-state index contributed by atoms with van der Waals surface area (Å²) in [5.74, 6) is 0.315. The number of piperidine rings is 1. The minimum absolute atomic E-state index is 0.0411. The first kappa shape index (κ1) is 17.5. The molecule has 1 aromatic carbocycles. The molecule has 0 radical (unpaired) electrons. The van der Waals surface area contributed by atoms with Crippen LogP contribution in [0.15, 0.2) is 22.8 Å². The largest absolute Gasteiger partial charge is 0.464 e. The highest BCUT2D eigenvalue weighted by Crippen LogP contribution is 2.26. The van der Waals surface area contributed by atoms with Crippen molar-refractivity contribution >= 4 is 22.8 Å². The summed E-state index contributed by atoms with van der Waals surface area (Å²) in [4.78, 5) is 28.2. The van der Waals surface area contributed by atoms with Crippen molar-refractivity contribution in [1.29, 1.82) is 0 Å². The number of amides is 2. The molecule has 0 N–H and O–H groups in total. The van der Waals surface area contributed by atoms with Crippen LogP contribution in [-0.2, 0) is 16.0 Å². The Hall–Kier alpha value is -2.30. The Bertz CT molecular complexity index is 799. The summed E-state index contributed by atoms with van der Waals surface area (Å²) >= 11 is 0. The molecule has 1 fully saturated rings. The van der Waals surface area contributed by atoms with Gasteiger partial charge in [0, 0.05) is 44.1 Å². The highest BCUT2D eigenvalue weighted by Gasteiger charge is 2.28. The minimum atomic E-state index is 0.0411. The molecule has 1 saturated heterocycles. The monoisotopic (exact) mass is 342 g/mol. The van der Waals surface area contributed by atoms with E-state index in [0.717, 1.165) is 29.4 Å². The molecule has 5 heteroatoms. The number of nitrogens with zero attached hydrogens (tertiary/aromatic N) is 2. The summed E-state index contributed by atoms with van der Waals surface area (Å²) < 4.78 is 5.63. The summed E-state index contributed by atoms with van der Waals surface area (Å²) in [6.45, 7) is 5.43. The first-order valence-corrected chi connectivity index (χ1v) is 8.83. The normalized spacial score (nSPS) is 15.6. The van der Waals surface area contributed by atoms with Crippen LogP contribution in [0.25, 0.3) is 11.0 Å². The molecule has 1 aliphatic rings. The Labute approximate surface area is 148 Å². The van der Waals surface area contributed by atoms with Crippen LogP contribution in [-0.4, -0.2) is 48.8 Å². The second-order valence-electron chi connectivity index (χ2n) is 7.26. The summed E-state index contributed by atoms with van der Waals surface area (Å²) in [6.07, 6.45) is 3.53. The zero-order chi connectivity index (χ0) is 18.1. The van der Waals surface area contributed by atoms with Crippen molar-refractivity contribution in [2.45, 2.75) is 33.1 Å². The van der Waals surface area contributed by atoms with Gasteiger partial charge < -0.3 is 14.2 Å². The van der Waals surface area contributed by atoms with Gasteiger partial charge in [-0.2, -0.15) is 0 Å². The number of fused-ring (bicyclic) bond motifs is 1. The van der Waals surface area contributed by atoms with Crippen LogP contribution in [0.1, 0.15) is 29.5 Å². The number of carbonyl (C=O) groups is 2. The highest BCUT2D eigenvalue weighted by molar-refractivity contribution is 5.88. The lowest BCUT2D eigenvalue weighted by molar-refractivity contribution is -0.138. The van der Waals surface area contributed by atoms with Gasteiger partial charge in [0.2, 0.25) is 11.8 Å². The van der Waals surface area contributed by atoms with Crippen molar-refractivity contribution in [1.82, 2.24) is 9.80 Å². The van der Waals surface area contributed by atoms with Crippen LogP contribution in [0, 0.1) is 19.8 Å². The van der Waals surface area contributed by atoms with Crippen LogP contribution in [0.3, 0.4) is 0 Å². The van der Waals surface area contributed by atoms with Crippen LogP contribution in [0.2, 0.25) is 0 Å². The van der Waals surface area contributed by atoms with E-state index in [0.29, 0.717) is 19.5 Å². The number of benzene rings is 1. The Balaban J connectivity index is 1.66. The van der Waals surface area contributed by atoms with Gasteiger partial charge in [-0.15, -0.1) is 0 Å². The van der Waals surface area contributed by atoms with Crippen LogP contribution >= 0.6 is 0 Å². The van der Waals surface area contributed by atoms with Crippen LogP contribution in [0.4, 0.5) is 0 Å². The smallest absolute Gasteiger partial charge is 0.227 e. The molecule has 0 atom stereocenters. The van der Waals surface area contributed by atoms with E-state index in [1.807, 2.05) is 11.0 Å². The van der Waals surface area contributed by atoms with E-state index in [1.54, 1.807) is 25.3 Å². The van der Waals surface area contributed by atoms with Gasteiger partial charge in [-0.25, -0.2) is 0 Å². The second kappa shape index (κ2) is 6.90. The average Bonchev–Trinajstić information content (AvgIpc) is 2.96. The third kappa shape index (κ3) is 3.55. The summed E-state index contributed by atoms with van der Waals surface area (Å²) in [5.41, 5.74) is 4.16. The summed E-state index contributed by atoms with van der Waals surface area (Å²) in [5, 5.41) is 1.02. The predicted molar refractivity (Wildman–Crippen MR) is 97.4 cm³/mol. The van der Waals surface area contributed by atoms with Gasteiger partial charge >= 0.3 is 0 Å². The number of rotatable bonds is 3. The third-order valence-corrected chi connectivity index (χ3v) is 5.25. The van der Waals surface area contributed by atoms with Crippen LogP contribution in [0.5, 0.6) is 0 Å². The lowest BCUT2D eigenvalue weighted by Gasteiger charge is -2.32. The van der Waals surface area contributed by atoms with E-state index in [4.69, 9.17) is 4.42 Å². The maximum absolute atomic E-state index is 12.7. The third-order valence-electron chi connectivity index (χ3n) is 5.25. The molecular formula is C20H26N2O3. The summed E-state index contributed by atoms with van der Waals surface area (Å²) in [7, 11) is 3.57. The number of carbonyl (C=O) groups excluding carboxylic acids is 2. The molecule has 3 rings (SSSR count). The first-order chi connectivity index (χ1) is 11.9. The molecule has 0 saturated carbocycles. The first-order valence-electron chi connectivity index (χ1n) is 8.83. The number of aryl methyl sites for hydroxylation is 2. The van der Waals surface area contributed by atoms with Crippen molar-refractivity contribution in [3.05, 3.63) is 35.1 Å². The van der Waals surface area contributed by atoms with Crippen LogP contribution < -0.4 is 0 Å². The van der Waals surface area contributed by atoms with Crippen molar-refractivity contribution < 1.29 is 14.0 Å². The lowest BCUT2D eigenvalue weighted by Crippen LogP contribution is -2.43. The Kier molecular flexibility index (Phi) is 4.84. The van der Waals surface area contributed by atoms with Gasteiger partial charge in [-0.05, 0) is 49.9 Å². The fourth-order valence-corrected chi connectivity index (χ4v) is 3.49. The molecule has 134 valence electrons. The topological polar surface area (TPSA) is 53.8 Å². The van der Waals surface area contributed by atoms with E-state index in [1.165, 1.54) is 11.1 Å². The second-order valence-corrected chi connectivity index (χ2v) is 7.26. The zero-order valence-corrected chi connectivity index (χ0v) is 15.5. The molecule has 25 heavy (non-hydrogen) atoms. The molecule has 0 unspecified atom stereocenters. The molecule has 5 nitrogen and oxygen atoms in total. The van der Waals surface area contributed by atoms with Gasteiger partial charge in [0.15, 0.2) is 0 Å². The van der Waals surface area contributed by atoms with Crippen molar-refractivity contribution in [2.75, 3.05) is 27.2 Å². The Morgan fingerprint density at radius 2 is 1.80 bits per heavy atom. The Morgan fingerprint density at radius 1 is 1.16 bits per heavy atom. The van der Waals surface area contributed by atoms with Gasteiger partial charge in [-0.3, -0.25) is 9.59 Å². The molecule has 2 heterocycles. The van der Waals surface area contributed by atoms with Crippen molar-refractivity contribution in [2.24, 2.45) is 5.92 Å². The molecule has 2 amide bonds. The van der Waals surface area contributed by atoms with E-state index in [9.17, 15) is 9.59 Å². The maximum atomic E-state index is 12.7. The predicted octanol–water partition coefficient (Wildman–Crippen LogP) is 2.92. The lowest BCUT2D eigenvalue weighted by atomic mass is 9.95. The van der Waals surface area contributed by atoms with E-state index < -0.39 is 0 Å². The van der Waals surface area contributed by atoms with E-state index >= 15 is 0 Å².